The predicted molar refractivity (Wildman–Crippen MR) is 55.3 cm³/mol. The number of carbonyl (C=O) groups excluding carboxylic acids is 2. The molecule has 7 heteroatoms. The van der Waals surface area contributed by atoms with Crippen molar-refractivity contribution in [3.05, 3.63) is 23.9 Å². The molecule has 0 saturated heterocycles. The molecule has 0 fully saturated rings. The van der Waals surface area contributed by atoms with E-state index in [9.17, 15) is 22.8 Å². The number of alkyl halides is 3. The number of ether oxygens (including phenoxy) is 1. The van der Waals surface area contributed by atoms with E-state index in [0.29, 0.717) is 0 Å². The van der Waals surface area contributed by atoms with Gasteiger partial charge < -0.3 is 4.74 Å². The second-order valence-electron chi connectivity index (χ2n) is 3.54. The quantitative estimate of drug-likeness (QED) is 0.614. The van der Waals surface area contributed by atoms with Gasteiger partial charge in [0.15, 0.2) is 5.78 Å². The normalized spacial score (nSPS) is 12.9. The molecule has 98 valence electrons. The summed E-state index contributed by atoms with van der Waals surface area (Å²) in [6.45, 7) is 0.919. The van der Waals surface area contributed by atoms with Crippen LogP contribution in [0.4, 0.5) is 13.2 Å². The van der Waals surface area contributed by atoms with Crippen molar-refractivity contribution in [3.63, 3.8) is 0 Å². The highest BCUT2D eigenvalue weighted by Gasteiger charge is 2.44. The lowest BCUT2D eigenvalue weighted by Gasteiger charge is -2.11. The fourth-order valence-corrected chi connectivity index (χ4v) is 1.26. The van der Waals surface area contributed by atoms with Crippen molar-refractivity contribution in [3.8, 4) is 5.88 Å². The zero-order valence-electron chi connectivity index (χ0n) is 9.62. The van der Waals surface area contributed by atoms with E-state index in [0.717, 1.165) is 13.1 Å². The first-order chi connectivity index (χ1) is 8.27. The largest absolute Gasteiger partial charge is 0.481 e. The Morgan fingerprint density at radius 3 is 2.33 bits per heavy atom. The van der Waals surface area contributed by atoms with Crippen LogP contribution in [0.3, 0.4) is 0 Å². The predicted octanol–water partition coefficient (Wildman–Crippen LogP) is 2.04. The van der Waals surface area contributed by atoms with Crippen LogP contribution >= 0.6 is 0 Å². The number of methoxy groups -OCH3 is 1. The first kappa shape index (κ1) is 14.1. The summed E-state index contributed by atoms with van der Waals surface area (Å²) in [5.41, 5.74) is -0.0686. The fourth-order valence-electron chi connectivity index (χ4n) is 1.26. The van der Waals surface area contributed by atoms with Crippen molar-refractivity contribution in [1.29, 1.82) is 0 Å². The number of halogens is 3. The molecule has 1 aromatic heterocycles. The molecule has 1 aromatic rings. The van der Waals surface area contributed by atoms with E-state index < -0.39 is 23.7 Å². The molecule has 0 bridgehead atoms. The second-order valence-corrected chi connectivity index (χ2v) is 3.54. The second kappa shape index (κ2) is 5.16. The molecule has 4 nitrogen and oxygen atoms in total. The number of ketones is 2. The van der Waals surface area contributed by atoms with Gasteiger partial charge in [0, 0.05) is 17.8 Å². The lowest BCUT2D eigenvalue weighted by Crippen LogP contribution is -2.33. The molecule has 0 N–H and O–H groups in total. The minimum atomic E-state index is -5.02. The molecule has 0 aromatic carbocycles. The maximum atomic E-state index is 12.2. The maximum absolute atomic E-state index is 12.2. The van der Waals surface area contributed by atoms with Crippen LogP contribution in [0.5, 0.6) is 5.88 Å². The van der Waals surface area contributed by atoms with Crippen molar-refractivity contribution in [2.24, 2.45) is 5.92 Å². The van der Waals surface area contributed by atoms with Crippen molar-refractivity contribution in [1.82, 2.24) is 4.98 Å². The minimum Gasteiger partial charge on any atom is -0.481 e. The number of nitrogens with zero attached hydrogens (tertiary/aromatic N) is 1. The van der Waals surface area contributed by atoms with Gasteiger partial charge in [-0.25, -0.2) is 4.98 Å². The molecule has 1 rings (SSSR count). The van der Waals surface area contributed by atoms with Gasteiger partial charge in [0.25, 0.3) is 0 Å². The van der Waals surface area contributed by atoms with E-state index in [-0.39, 0.29) is 11.4 Å². The summed E-state index contributed by atoms with van der Waals surface area (Å²) >= 11 is 0. The molecular formula is C11H10F3NO3. The molecule has 0 saturated carbocycles. The van der Waals surface area contributed by atoms with Gasteiger partial charge >= 0.3 is 6.18 Å². The smallest absolute Gasteiger partial charge is 0.450 e. The molecule has 18 heavy (non-hydrogen) atoms. The van der Waals surface area contributed by atoms with Crippen LogP contribution in [-0.4, -0.2) is 29.8 Å². The third kappa shape index (κ3) is 3.06. The lowest BCUT2D eigenvalue weighted by molar-refractivity contribution is -0.173. The molecule has 0 aliphatic carbocycles. The summed E-state index contributed by atoms with van der Waals surface area (Å²) in [7, 11) is 1.36. The van der Waals surface area contributed by atoms with Crippen molar-refractivity contribution in [2.45, 2.75) is 13.1 Å². The third-order valence-electron chi connectivity index (χ3n) is 2.30. The average molecular weight is 261 g/mol. The number of aromatic nitrogens is 1. The summed E-state index contributed by atoms with van der Waals surface area (Å²) in [4.78, 5) is 26.2. The Labute approximate surface area is 101 Å². The van der Waals surface area contributed by atoms with Crippen LogP contribution in [0.1, 0.15) is 17.3 Å². The van der Waals surface area contributed by atoms with E-state index in [1.54, 1.807) is 0 Å². The van der Waals surface area contributed by atoms with E-state index >= 15 is 0 Å². The molecule has 0 aliphatic rings. The lowest BCUT2D eigenvalue weighted by atomic mass is 9.96. The molecule has 1 unspecified atom stereocenters. The Morgan fingerprint density at radius 2 is 1.94 bits per heavy atom. The minimum absolute atomic E-state index is 0.0686. The zero-order valence-corrected chi connectivity index (χ0v) is 9.62. The number of Topliss-reactive ketones (excluding diaryl/α,β-unsaturated/α-hetero) is 2. The topological polar surface area (TPSA) is 56.3 Å². The van der Waals surface area contributed by atoms with Crippen LogP contribution in [0.2, 0.25) is 0 Å². The van der Waals surface area contributed by atoms with Crippen molar-refractivity contribution < 1.29 is 27.5 Å². The highest BCUT2D eigenvalue weighted by molar-refractivity contribution is 6.11. The van der Waals surface area contributed by atoms with Crippen LogP contribution in [0.15, 0.2) is 18.3 Å². The Kier molecular flexibility index (Phi) is 4.05. The summed E-state index contributed by atoms with van der Waals surface area (Å²) in [5.74, 6) is -4.54. The number of hydrogen-bond acceptors (Lipinski definition) is 4. The molecular weight excluding hydrogens is 251 g/mol. The summed E-state index contributed by atoms with van der Waals surface area (Å²) < 4.78 is 41.2. The molecule has 0 aliphatic heterocycles. The van der Waals surface area contributed by atoms with Gasteiger partial charge in [0.05, 0.1) is 13.0 Å². The Bertz CT molecular complexity index is 454. The summed E-state index contributed by atoms with van der Waals surface area (Å²) in [6, 6.07) is 2.59. The van der Waals surface area contributed by atoms with Gasteiger partial charge in [-0.3, -0.25) is 9.59 Å². The molecule has 0 amide bonds. The average Bonchev–Trinajstić information content (AvgIpc) is 2.35. The highest BCUT2D eigenvalue weighted by atomic mass is 19.4. The molecule has 0 radical (unpaired) electrons. The molecule has 0 spiro atoms. The van der Waals surface area contributed by atoms with Gasteiger partial charge in [0.1, 0.15) is 0 Å². The van der Waals surface area contributed by atoms with Gasteiger partial charge in [-0.2, -0.15) is 13.2 Å². The maximum Gasteiger partial charge on any atom is 0.450 e. The third-order valence-corrected chi connectivity index (χ3v) is 2.30. The van der Waals surface area contributed by atoms with Crippen LogP contribution in [-0.2, 0) is 4.79 Å². The van der Waals surface area contributed by atoms with Crippen LogP contribution < -0.4 is 4.74 Å². The van der Waals surface area contributed by atoms with Crippen LogP contribution in [0.25, 0.3) is 0 Å². The van der Waals surface area contributed by atoms with Gasteiger partial charge in [-0.1, -0.05) is 0 Å². The molecule has 1 heterocycles. The van der Waals surface area contributed by atoms with E-state index in [4.69, 9.17) is 4.74 Å². The van der Waals surface area contributed by atoms with Gasteiger partial charge in [-0.15, -0.1) is 0 Å². The number of rotatable bonds is 4. The Hall–Kier alpha value is -1.92. The standard InChI is InChI=1S/C11H10F3NO3/c1-6(10(17)11(12,13)14)9(16)7-3-4-8(18-2)15-5-7/h3-6H,1-2H3. The molecule has 1 atom stereocenters. The van der Waals surface area contributed by atoms with Crippen LogP contribution in [0, 0.1) is 5.92 Å². The van der Waals surface area contributed by atoms with E-state index in [1.165, 1.54) is 19.2 Å². The van der Waals surface area contributed by atoms with E-state index in [1.807, 2.05) is 0 Å². The zero-order chi connectivity index (χ0) is 13.9. The fraction of sp³-hybridized carbons (Fsp3) is 0.364. The van der Waals surface area contributed by atoms with Gasteiger partial charge in [0.2, 0.25) is 11.7 Å². The van der Waals surface area contributed by atoms with Gasteiger partial charge in [-0.05, 0) is 13.0 Å². The first-order valence-corrected chi connectivity index (χ1v) is 4.92. The SMILES string of the molecule is COc1ccc(C(=O)C(C)C(=O)C(F)(F)F)cn1. The first-order valence-electron chi connectivity index (χ1n) is 4.92. The Morgan fingerprint density at radius 1 is 1.33 bits per heavy atom. The summed E-state index contributed by atoms with van der Waals surface area (Å²) in [6.07, 6.45) is -3.95. The number of pyridine rings is 1. The monoisotopic (exact) mass is 261 g/mol. The number of carbonyl (C=O) groups is 2. The van der Waals surface area contributed by atoms with E-state index in [2.05, 4.69) is 4.98 Å². The highest BCUT2D eigenvalue weighted by Crippen LogP contribution is 2.23. The Balaban J connectivity index is 2.90. The van der Waals surface area contributed by atoms with Crippen molar-refractivity contribution >= 4 is 11.6 Å². The number of hydrogen-bond donors (Lipinski definition) is 0. The van der Waals surface area contributed by atoms with Crippen molar-refractivity contribution in [2.75, 3.05) is 7.11 Å². The summed E-state index contributed by atoms with van der Waals surface area (Å²) in [5, 5.41) is 0.